The number of ether oxygens (including phenoxy) is 1. The molecule has 2 saturated heterocycles. The van der Waals surface area contributed by atoms with Gasteiger partial charge in [0.15, 0.2) is 0 Å². The standard InChI is InChI=1S/C25H37N3O/c1-2-7-22(6-1)28-13-11-20(12-14-28)17-27(19-23-8-5-15-29-23)18-21-16-26-25-10-4-3-9-24(21)25/h3-4,9-10,16,20,22-23,26H,1-2,5-8,11-15,17-19H2/t23-/m1/s1. The molecule has 1 aliphatic carbocycles. The van der Waals surface area contributed by atoms with Crippen molar-refractivity contribution in [2.45, 2.75) is 70.1 Å². The Morgan fingerprint density at radius 2 is 1.79 bits per heavy atom. The fraction of sp³-hybridized carbons (Fsp3) is 0.680. The Labute approximate surface area is 175 Å². The molecule has 0 bridgehead atoms. The molecule has 1 aromatic heterocycles. The first-order valence-corrected chi connectivity index (χ1v) is 12.0. The van der Waals surface area contributed by atoms with Crippen molar-refractivity contribution < 1.29 is 4.74 Å². The van der Waals surface area contributed by atoms with Crippen molar-refractivity contribution in [1.82, 2.24) is 14.8 Å². The van der Waals surface area contributed by atoms with E-state index in [0.29, 0.717) is 6.10 Å². The van der Waals surface area contributed by atoms with E-state index in [9.17, 15) is 0 Å². The summed E-state index contributed by atoms with van der Waals surface area (Å²) in [6.07, 6.45) is 13.6. The van der Waals surface area contributed by atoms with Crippen LogP contribution < -0.4 is 0 Å². The number of nitrogens with zero attached hydrogens (tertiary/aromatic N) is 2. The van der Waals surface area contributed by atoms with E-state index in [2.05, 4.69) is 45.2 Å². The van der Waals surface area contributed by atoms with Crippen LogP contribution in [0.5, 0.6) is 0 Å². The number of aromatic nitrogens is 1. The molecule has 3 heterocycles. The summed E-state index contributed by atoms with van der Waals surface area (Å²) in [4.78, 5) is 8.96. The van der Waals surface area contributed by atoms with E-state index in [-0.39, 0.29) is 0 Å². The van der Waals surface area contributed by atoms with Gasteiger partial charge in [0.1, 0.15) is 0 Å². The van der Waals surface area contributed by atoms with E-state index in [4.69, 9.17) is 4.74 Å². The maximum absolute atomic E-state index is 6.01. The van der Waals surface area contributed by atoms with Crippen molar-refractivity contribution in [1.29, 1.82) is 0 Å². The number of benzene rings is 1. The third-order valence-corrected chi connectivity index (χ3v) is 7.56. The minimum atomic E-state index is 0.429. The van der Waals surface area contributed by atoms with E-state index in [1.165, 1.54) is 87.5 Å². The Bertz CT molecular complexity index is 767. The number of nitrogens with one attached hydrogen (secondary N) is 1. The smallest absolute Gasteiger partial charge is 0.0702 e. The van der Waals surface area contributed by atoms with Gasteiger partial charge in [0, 0.05) is 49.4 Å². The molecule has 158 valence electrons. The van der Waals surface area contributed by atoms with Gasteiger partial charge in [-0.2, -0.15) is 0 Å². The molecule has 2 aromatic rings. The third kappa shape index (κ3) is 4.70. The number of aromatic amines is 1. The molecule has 0 unspecified atom stereocenters. The Morgan fingerprint density at radius 1 is 0.966 bits per heavy atom. The van der Waals surface area contributed by atoms with Gasteiger partial charge in [0.25, 0.3) is 0 Å². The van der Waals surface area contributed by atoms with Crippen molar-refractivity contribution in [2.24, 2.45) is 5.92 Å². The van der Waals surface area contributed by atoms with Gasteiger partial charge in [-0.05, 0) is 69.2 Å². The average molecular weight is 396 g/mol. The Morgan fingerprint density at radius 3 is 2.59 bits per heavy atom. The zero-order valence-electron chi connectivity index (χ0n) is 17.8. The van der Waals surface area contributed by atoms with Crippen LogP contribution in [0, 0.1) is 5.92 Å². The summed E-state index contributed by atoms with van der Waals surface area (Å²) in [5.41, 5.74) is 2.69. The van der Waals surface area contributed by atoms with Gasteiger partial charge in [-0.25, -0.2) is 0 Å². The lowest BCUT2D eigenvalue weighted by Crippen LogP contribution is -2.43. The number of hydrogen-bond donors (Lipinski definition) is 1. The fourth-order valence-electron chi connectivity index (χ4n) is 5.92. The first kappa shape index (κ1) is 19.6. The molecule has 1 N–H and O–H groups in total. The lowest BCUT2D eigenvalue weighted by atomic mass is 9.94. The number of likely N-dealkylation sites (tertiary alicyclic amines) is 1. The number of hydrogen-bond acceptors (Lipinski definition) is 3. The molecular weight excluding hydrogens is 358 g/mol. The molecule has 29 heavy (non-hydrogen) atoms. The van der Waals surface area contributed by atoms with Crippen molar-refractivity contribution in [3.63, 3.8) is 0 Å². The number of rotatable bonds is 7. The van der Waals surface area contributed by atoms with Crippen LogP contribution in [0.4, 0.5) is 0 Å². The number of piperidine rings is 1. The molecule has 1 aromatic carbocycles. The van der Waals surface area contributed by atoms with Gasteiger partial charge in [-0.1, -0.05) is 31.0 Å². The number of para-hydroxylation sites is 1. The van der Waals surface area contributed by atoms with Crippen LogP contribution in [-0.2, 0) is 11.3 Å². The highest BCUT2D eigenvalue weighted by Gasteiger charge is 2.29. The molecule has 2 aliphatic heterocycles. The lowest BCUT2D eigenvalue weighted by molar-refractivity contribution is 0.0541. The van der Waals surface area contributed by atoms with E-state index >= 15 is 0 Å². The fourth-order valence-corrected chi connectivity index (χ4v) is 5.92. The molecule has 1 atom stereocenters. The highest BCUT2D eigenvalue weighted by molar-refractivity contribution is 5.82. The number of H-pyrrole nitrogens is 1. The topological polar surface area (TPSA) is 31.5 Å². The van der Waals surface area contributed by atoms with E-state index in [0.717, 1.165) is 31.7 Å². The maximum atomic E-state index is 6.01. The maximum Gasteiger partial charge on any atom is 0.0702 e. The van der Waals surface area contributed by atoms with Crippen LogP contribution >= 0.6 is 0 Å². The summed E-state index contributed by atoms with van der Waals surface area (Å²) in [6, 6.07) is 9.60. The largest absolute Gasteiger partial charge is 0.377 e. The Kier molecular flexibility index (Phi) is 6.21. The molecule has 4 heteroatoms. The van der Waals surface area contributed by atoms with Crippen molar-refractivity contribution in [2.75, 3.05) is 32.8 Å². The highest BCUT2D eigenvalue weighted by atomic mass is 16.5. The monoisotopic (exact) mass is 395 g/mol. The lowest BCUT2D eigenvalue weighted by Gasteiger charge is -2.38. The first-order valence-electron chi connectivity index (χ1n) is 12.0. The summed E-state index contributed by atoms with van der Waals surface area (Å²) in [6.45, 7) is 6.92. The molecule has 3 aliphatic rings. The van der Waals surface area contributed by atoms with Crippen LogP contribution in [0.2, 0.25) is 0 Å². The van der Waals surface area contributed by atoms with Gasteiger partial charge in [-0.3, -0.25) is 4.90 Å². The third-order valence-electron chi connectivity index (χ3n) is 7.56. The van der Waals surface area contributed by atoms with Crippen molar-refractivity contribution in [3.05, 3.63) is 36.0 Å². The van der Waals surface area contributed by atoms with Crippen LogP contribution in [0.3, 0.4) is 0 Å². The first-order chi connectivity index (χ1) is 14.3. The van der Waals surface area contributed by atoms with Crippen LogP contribution in [-0.4, -0.2) is 59.7 Å². The van der Waals surface area contributed by atoms with Gasteiger partial charge in [0.2, 0.25) is 0 Å². The summed E-state index contributed by atoms with van der Waals surface area (Å²) in [5, 5.41) is 1.38. The zero-order chi connectivity index (χ0) is 19.5. The second kappa shape index (κ2) is 9.20. The molecule has 3 fully saturated rings. The molecule has 0 radical (unpaired) electrons. The van der Waals surface area contributed by atoms with Crippen molar-refractivity contribution >= 4 is 10.9 Å². The van der Waals surface area contributed by atoms with E-state index in [1.807, 2.05) is 0 Å². The predicted octanol–water partition coefficient (Wildman–Crippen LogP) is 4.80. The summed E-state index contributed by atoms with van der Waals surface area (Å²) < 4.78 is 6.01. The summed E-state index contributed by atoms with van der Waals surface area (Å²) in [5.74, 6) is 0.833. The minimum Gasteiger partial charge on any atom is -0.377 e. The molecule has 5 rings (SSSR count). The molecule has 0 amide bonds. The minimum absolute atomic E-state index is 0.429. The van der Waals surface area contributed by atoms with Gasteiger partial charge in [0.05, 0.1) is 6.10 Å². The second-order valence-electron chi connectivity index (χ2n) is 9.61. The molecular formula is C25H37N3O. The quantitative estimate of drug-likeness (QED) is 0.730. The van der Waals surface area contributed by atoms with Crippen LogP contribution in [0.25, 0.3) is 10.9 Å². The zero-order valence-corrected chi connectivity index (χ0v) is 17.8. The van der Waals surface area contributed by atoms with Gasteiger partial charge in [-0.15, -0.1) is 0 Å². The van der Waals surface area contributed by atoms with E-state index < -0.39 is 0 Å². The van der Waals surface area contributed by atoms with Crippen molar-refractivity contribution in [3.8, 4) is 0 Å². The van der Waals surface area contributed by atoms with Gasteiger partial charge < -0.3 is 14.6 Å². The van der Waals surface area contributed by atoms with Crippen LogP contribution in [0.1, 0.15) is 56.9 Å². The van der Waals surface area contributed by atoms with Gasteiger partial charge >= 0.3 is 0 Å². The highest BCUT2D eigenvalue weighted by Crippen LogP contribution is 2.29. The summed E-state index contributed by atoms with van der Waals surface area (Å²) in [7, 11) is 0. The Hall–Kier alpha value is -1.36. The molecule has 4 nitrogen and oxygen atoms in total. The SMILES string of the molecule is c1ccc2c(CN(CC3CCN(C4CCCC4)CC3)C[C@H]3CCCO3)c[nH]c2c1. The van der Waals surface area contributed by atoms with Crippen LogP contribution in [0.15, 0.2) is 30.5 Å². The predicted molar refractivity (Wildman–Crippen MR) is 119 cm³/mol. The Balaban J connectivity index is 1.22. The number of fused-ring (bicyclic) bond motifs is 1. The summed E-state index contributed by atoms with van der Waals surface area (Å²) >= 11 is 0. The average Bonchev–Trinajstić information content (AvgIpc) is 3.51. The second-order valence-corrected chi connectivity index (χ2v) is 9.61. The normalized spacial score (nSPS) is 24.9. The van der Waals surface area contributed by atoms with E-state index in [1.54, 1.807) is 0 Å². The molecule has 1 saturated carbocycles. The molecule has 0 spiro atoms.